The molecule has 0 radical (unpaired) electrons. The summed E-state index contributed by atoms with van der Waals surface area (Å²) in [5, 5.41) is 5.50. The highest BCUT2D eigenvalue weighted by Gasteiger charge is 2.09. The van der Waals surface area contributed by atoms with Gasteiger partial charge in [-0.05, 0) is 24.3 Å². The minimum Gasteiger partial charge on any atom is -0.383 e. The third-order valence-electron chi connectivity index (χ3n) is 2.56. The highest BCUT2D eigenvalue weighted by atomic mass is 19.1. The van der Waals surface area contributed by atoms with Crippen LogP contribution >= 0.6 is 0 Å². The molecule has 21 heavy (non-hydrogen) atoms. The molecule has 0 aliphatic heterocycles. The van der Waals surface area contributed by atoms with Crippen LogP contribution in [0.1, 0.15) is 10.5 Å². The Hall–Kier alpha value is -2.54. The number of carbonyl (C=O) groups is 1. The number of ether oxygens (including phenoxy) is 1. The van der Waals surface area contributed by atoms with Crippen LogP contribution in [0.15, 0.2) is 36.5 Å². The van der Waals surface area contributed by atoms with Gasteiger partial charge in [-0.1, -0.05) is 6.07 Å². The summed E-state index contributed by atoms with van der Waals surface area (Å²) in [7, 11) is 1.59. The van der Waals surface area contributed by atoms with Crippen molar-refractivity contribution in [3.05, 3.63) is 48.0 Å². The lowest BCUT2D eigenvalue weighted by Crippen LogP contribution is -2.16. The Morgan fingerprint density at radius 1 is 1.38 bits per heavy atom. The van der Waals surface area contributed by atoms with E-state index in [4.69, 9.17) is 4.74 Å². The van der Waals surface area contributed by atoms with Crippen molar-refractivity contribution in [3.63, 3.8) is 0 Å². The Morgan fingerprint density at radius 2 is 2.24 bits per heavy atom. The van der Waals surface area contributed by atoms with Gasteiger partial charge in [-0.3, -0.25) is 4.79 Å². The number of aromatic nitrogens is 2. The third kappa shape index (κ3) is 4.50. The number of nitrogens with one attached hydrogen (secondary N) is 2. The minimum atomic E-state index is -0.433. The number of hydrogen-bond donors (Lipinski definition) is 2. The molecule has 0 spiro atoms. The molecular formula is C14H15FN4O2. The predicted octanol–water partition coefficient (Wildman–Crippen LogP) is 1.93. The number of halogens is 1. The van der Waals surface area contributed by atoms with Gasteiger partial charge in [0.1, 0.15) is 11.5 Å². The second-order valence-corrected chi connectivity index (χ2v) is 4.15. The predicted molar refractivity (Wildman–Crippen MR) is 76.8 cm³/mol. The molecule has 2 rings (SSSR count). The van der Waals surface area contributed by atoms with Gasteiger partial charge in [0.15, 0.2) is 0 Å². The smallest absolute Gasteiger partial charge is 0.274 e. The molecule has 0 saturated carbocycles. The highest BCUT2D eigenvalue weighted by Crippen LogP contribution is 2.11. The van der Waals surface area contributed by atoms with E-state index in [2.05, 4.69) is 20.6 Å². The molecule has 1 aromatic heterocycles. The SMILES string of the molecule is COCCNc1nccc(C(=O)Nc2cccc(F)c2)n1. The van der Waals surface area contributed by atoms with E-state index in [-0.39, 0.29) is 5.69 Å². The Bertz CT molecular complexity index is 621. The summed E-state index contributed by atoms with van der Waals surface area (Å²) >= 11 is 0. The van der Waals surface area contributed by atoms with Gasteiger partial charge in [0.25, 0.3) is 5.91 Å². The van der Waals surface area contributed by atoms with Crippen molar-refractivity contribution < 1.29 is 13.9 Å². The fourth-order valence-corrected chi connectivity index (χ4v) is 1.60. The van der Waals surface area contributed by atoms with Crippen molar-refractivity contribution >= 4 is 17.5 Å². The van der Waals surface area contributed by atoms with Gasteiger partial charge in [-0.25, -0.2) is 14.4 Å². The summed E-state index contributed by atoms with van der Waals surface area (Å²) in [5.74, 6) is -0.519. The van der Waals surface area contributed by atoms with Crippen LogP contribution in [0.4, 0.5) is 16.0 Å². The first-order valence-electron chi connectivity index (χ1n) is 6.32. The quantitative estimate of drug-likeness (QED) is 0.795. The van der Waals surface area contributed by atoms with E-state index < -0.39 is 11.7 Å². The maximum atomic E-state index is 13.1. The van der Waals surface area contributed by atoms with Crippen LogP contribution < -0.4 is 10.6 Å². The number of hydrogen-bond acceptors (Lipinski definition) is 5. The van der Waals surface area contributed by atoms with Gasteiger partial charge in [-0.2, -0.15) is 0 Å². The maximum absolute atomic E-state index is 13.1. The van der Waals surface area contributed by atoms with Crippen LogP contribution in [0.5, 0.6) is 0 Å². The van der Waals surface area contributed by atoms with Crippen LogP contribution in [0.25, 0.3) is 0 Å². The molecule has 0 bridgehead atoms. The zero-order chi connectivity index (χ0) is 15.1. The second-order valence-electron chi connectivity index (χ2n) is 4.15. The normalized spacial score (nSPS) is 10.2. The molecule has 0 fully saturated rings. The lowest BCUT2D eigenvalue weighted by molar-refractivity contribution is 0.102. The van der Waals surface area contributed by atoms with Gasteiger partial charge in [0.2, 0.25) is 5.95 Å². The number of rotatable bonds is 6. The number of benzene rings is 1. The average molecular weight is 290 g/mol. The third-order valence-corrected chi connectivity index (χ3v) is 2.56. The van der Waals surface area contributed by atoms with Crippen molar-refractivity contribution in [2.24, 2.45) is 0 Å². The van der Waals surface area contributed by atoms with Crippen LogP contribution in [0.3, 0.4) is 0 Å². The van der Waals surface area contributed by atoms with Crippen LogP contribution in [-0.4, -0.2) is 36.1 Å². The summed E-state index contributed by atoms with van der Waals surface area (Å²) in [6.07, 6.45) is 1.47. The molecule has 2 N–H and O–H groups in total. The molecule has 1 heterocycles. The maximum Gasteiger partial charge on any atom is 0.274 e. The molecule has 0 atom stereocenters. The van der Waals surface area contributed by atoms with Gasteiger partial charge >= 0.3 is 0 Å². The summed E-state index contributed by atoms with van der Waals surface area (Å²) in [6.45, 7) is 1.04. The van der Waals surface area contributed by atoms with Crippen molar-refractivity contribution in [2.45, 2.75) is 0 Å². The first-order valence-corrected chi connectivity index (χ1v) is 6.32. The van der Waals surface area contributed by atoms with Gasteiger partial charge < -0.3 is 15.4 Å². The first kappa shape index (κ1) is 14.9. The standard InChI is InChI=1S/C14H15FN4O2/c1-21-8-7-17-14-16-6-5-12(19-14)13(20)18-11-4-2-3-10(15)9-11/h2-6,9H,7-8H2,1H3,(H,18,20)(H,16,17,19). The second kappa shape index (κ2) is 7.30. The largest absolute Gasteiger partial charge is 0.383 e. The van der Waals surface area contributed by atoms with E-state index in [1.165, 1.54) is 30.5 Å². The fourth-order valence-electron chi connectivity index (χ4n) is 1.60. The van der Waals surface area contributed by atoms with E-state index in [9.17, 15) is 9.18 Å². The lowest BCUT2D eigenvalue weighted by atomic mass is 10.3. The van der Waals surface area contributed by atoms with Gasteiger partial charge in [-0.15, -0.1) is 0 Å². The molecule has 1 aromatic carbocycles. The molecule has 2 aromatic rings. The Kier molecular flexibility index (Phi) is 5.16. The molecule has 6 nitrogen and oxygen atoms in total. The van der Waals surface area contributed by atoms with Gasteiger partial charge in [0.05, 0.1) is 6.61 Å². The molecule has 7 heteroatoms. The number of nitrogens with zero attached hydrogens (tertiary/aromatic N) is 2. The number of anilines is 2. The van der Waals surface area contributed by atoms with Gasteiger partial charge in [0, 0.05) is 25.5 Å². The van der Waals surface area contributed by atoms with Crippen molar-refractivity contribution in [3.8, 4) is 0 Å². The highest BCUT2D eigenvalue weighted by molar-refractivity contribution is 6.02. The molecule has 0 saturated heterocycles. The summed E-state index contributed by atoms with van der Waals surface area (Å²) in [6, 6.07) is 7.13. The summed E-state index contributed by atoms with van der Waals surface area (Å²) in [4.78, 5) is 20.1. The molecule has 0 aliphatic rings. The van der Waals surface area contributed by atoms with Crippen LogP contribution in [0, 0.1) is 5.82 Å². The monoisotopic (exact) mass is 290 g/mol. The van der Waals surface area contributed by atoms with E-state index >= 15 is 0 Å². The topological polar surface area (TPSA) is 76.1 Å². The van der Waals surface area contributed by atoms with E-state index in [0.717, 1.165) is 0 Å². The van der Waals surface area contributed by atoms with Crippen LogP contribution in [-0.2, 0) is 4.74 Å². The zero-order valence-electron chi connectivity index (χ0n) is 11.5. The number of methoxy groups -OCH3 is 1. The summed E-state index contributed by atoms with van der Waals surface area (Å²) < 4.78 is 18.0. The van der Waals surface area contributed by atoms with E-state index in [1.54, 1.807) is 13.2 Å². The molecular weight excluding hydrogens is 275 g/mol. The Morgan fingerprint density at radius 3 is 3.00 bits per heavy atom. The average Bonchev–Trinajstić information content (AvgIpc) is 2.48. The molecule has 0 unspecified atom stereocenters. The lowest BCUT2D eigenvalue weighted by Gasteiger charge is -2.07. The van der Waals surface area contributed by atoms with E-state index in [0.29, 0.717) is 24.8 Å². The minimum absolute atomic E-state index is 0.189. The number of carbonyl (C=O) groups excluding carboxylic acids is 1. The van der Waals surface area contributed by atoms with Crippen molar-refractivity contribution in [1.29, 1.82) is 0 Å². The first-order chi connectivity index (χ1) is 10.2. The Labute approximate surface area is 121 Å². The number of amides is 1. The molecule has 110 valence electrons. The zero-order valence-corrected chi connectivity index (χ0v) is 11.5. The Balaban J connectivity index is 2.03. The van der Waals surface area contributed by atoms with Crippen molar-refractivity contribution in [1.82, 2.24) is 9.97 Å². The van der Waals surface area contributed by atoms with E-state index in [1.807, 2.05) is 0 Å². The van der Waals surface area contributed by atoms with Crippen molar-refractivity contribution in [2.75, 3.05) is 30.9 Å². The fraction of sp³-hybridized carbons (Fsp3) is 0.214. The molecule has 1 amide bonds. The molecule has 0 aliphatic carbocycles. The summed E-state index contributed by atoms with van der Waals surface area (Å²) in [5.41, 5.74) is 0.557. The van der Waals surface area contributed by atoms with Crippen LogP contribution in [0.2, 0.25) is 0 Å².